The molecule has 2 aromatic heterocycles. The molecule has 0 saturated carbocycles. The molecule has 1 atom stereocenters. The summed E-state index contributed by atoms with van der Waals surface area (Å²) >= 11 is 3.57. The lowest BCUT2D eigenvalue weighted by molar-refractivity contribution is 0.0378. The largest absolute Gasteiger partial charge is 0.381 e. The van der Waals surface area contributed by atoms with E-state index in [0.717, 1.165) is 11.3 Å². The van der Waals surface area contributed by atoms with E-state index in [1.54, 1.807) is 36.8 Å². The average molecular weight is 531 g/mol. The van der Waals surface area contributed by atoms with Gasteiger partial charge in [0, 0.05) is 76.1 Å². The number of nitrogens with zero attached hydrogens (tertiary/aromatic N) is 3. The van der Waals surface area contributed by atoms with Crippen LogP contribution in [0.1, 0.15) is 17.2 Å². The number of rotatable bonds is 6. The van der Waals surface area contributed by atoms with E-state index in [9.17, 15) is 4.79 Å². The van der Waals surface area contributed by atoms with Gasteiger partial charge in [0.15, 0.2) is 0 Å². The summed E-state index contributed by atoms with van der Waals surface area (Å²) in [4.78, 5) is 30.7. The van der Waals surface area contributed by atoms with Crippen LogP contribution in [-0.4, -0.2) is 41.7 Å². The van der Waals surface area contributed by atoms with Gasteiger partial charge in [0.25, 0.3) is 5.56 Å². The number of fused-ring (bicyclic) bond motifs is 2. The van der Waals surface area contributed by atoms with E-state index in [0.29, 0.717) is 37.9 Å². The van der Waals surface area contributed by atoms with Crippen LogP contribution in [-0.2, 0) is 11.3 Å². The molecule has 0 radical (unpaired) electrons. The number of morpholine rings is 1. The number of pyridine rings is 1. The fraction of sp³-hybridized carbons (Fsp3) is 0.222. The van der Waals surface area contributed by atoms with Crippen molar-refractivity contribution in [3.05, 3.63) is 88.6 Å². The summed E-state index contributed by atoms with van der Waals surface area (Å²) in [6, 6.07) is 16.6. The number of H-pyrrole nitrogens is 1. The minimum absolute atomic E-state index is 0.0657. The quantitative estimate of drug-likeness (QED) is 0.280. The first-order valence-corrected chi connectivity index (χ1v) is 13.7. The molecule has 6 rings (SSSR count). The molecule has 2 aliphatic heterocycles. The Balaban J connectivity index is 1.19. The third-order valence-corrected chi connectivity index (χ3v) is 8.97. The fourth-order valence-electron chi connectivity index (χ4n) is 4.48. The second-order valence-electron chi connectivity index (χ2n) is 8.75. The topological polar surface area (TPSA) is 95.2 Å². The zero-order valence-electron chi connectivity index (χ0n) is 20.2. The van der Waals surface area contributed by atoms with Gasteiger partial charge >= 0.3 is 0 Å². The molecular weight excluding hydrogens is 504 g/mol. The van der Waals surface area contributed by atoms with Crippen LogP contribution in [0.5, 0.6) is 0 Å². The van der Waals surface area contributed by atoms with Crippen LogP contribution in [0.4, 0.5) is 17.3 Å². The molecule has 0 aliphatic carbocycles. The standard InChI is InChI=1S/C27H26N6O2S2/c1-28-27-31-14-17(15-32-27)13-30-18-7-8-22-24(12-18)36-23-6-2-4-19(25(23)37-22)21-16-33(10-11-35-21)20-5-3-9-29-26(20)34/h2-9,12,14-15,21,30H,10-11,13,16H2,1H3,(H,29,34)(H,28,31,32). The highest BCUT2D eigenvalue weighted by Crippen LogP contribution is 2.51. The van der Waals surface area contributed by atoms with Gasteiger partial charge in [-0.25, -0.2) is 9.97 Å². The third kappa shape index (κ3) is 5.04. The van der Waals surface area contributed by atoms with Gasteiger partial charge < -0.3 is 25.3 Å². The fourth-order valence-corrected chi connectivity index (χ4v) is 6.93. The van der Waals surface area contributed by atoms with Crippen molar-refractivity contribution in [2.24, 2.45) is 0 Å². The molecule has 10 heteroatoms. The van der Waals surface area contributed by atoms with Crippen molar-refractivity contribution in [3.63, 3.8) is 0 Å². The van der Waals surface area contributed by atoms with Gasteiger partial charge in [-0.05, 0) is 42.0 Å². The second-order valence-corrected chi connectivity index (χ2v) is 10.9. The van der Waals surface area contributed by atoms with Crippen molar-refractivity contribution in [2.75, 3.05) is 42.3 Å². The van der Waals surface area contributed by atoms with Gasteiger partial charge in [-0.2, -0.15) is 0 Å². The zero-order valence-corrected chi connectivity index (χ0v) is 21.9. The number of aromatic amines is 1. The molecule has 4 aromatic rings. The van der Waals surface area contributed by atoms with Crippen LogP contribution in [0.3, 0.4) is 0 Å². The first kappa shape index (κ1) is 23.9. The highest BCUT2D eigenvalue weighted by atomic mass is 32.2. The summed E-state index contributed by atoms with van der Waals surface area (Å²) in [5.41, 5.74) is 3.88. The minimum atomic E-state index is -0.101. The third-order valence-electron chi connectivity index (χ3n) is 6.36. The van der Waals surface area contributed by atoms with Crippen molar-refractivity contribution in [1.29, 1.82) is 0 Å². The van der Waals surface area contributed by atoms with Gasteiger partial charge in [-0.15, -0.1) is 0 Å². The van der Waals surface area contributed by atoms with Gasteiger partial charge in [0.1, 0.15) is 11.8 Å². The molecule has 37 heavy (non-hydrogen) atoms. The molecule has 3 N–H and O–H groups in total. The summed E-state index contributed by atoms with van der Waals surface area (Å²) in [6.07, 6.45) is 5.22. The molecule has 2 aromatic carbocycles. The van der Waals surface area contributed by atoms with Crippen LogP contribution in [0.15, 0.2) is 91.5 Å². The van der Waals surface area contributed by atoms with E-state index >= 15 is 0 Å². The maximum absolute atomic E-state index is 12.4. The minimum Gasteiger partial charge on any atom is -0.381 e. The molecule has 1 unspecified atom stereocenters. The molecule has 0 spiro atoms. The summed E-state index contributed by atoms with van der Waals surface area (Å²) in [5.74, 6) is 0.615. The van der Waals surface area contributed by atoms with Crippen molar-refractivity contribution in [1.82, 2.24) is 15.0 Å². The number of benzene rings is 2. The molecule has 188 valence electrons. The smallest absolute Gasteiger partial charge is 0.271 e. The number of anilines is 3. The predicted octanol–water partition coefficient (Wildman–Crippen LogP) is 5.01. The van der Waals surface area contributed by atoms with Gasteiger partial charge in [0.05, 0.1) is 6.61 Å². The van der Waals surface area contributed by atoms with Crippen molar-refractivity contribution in [3.8, 4) is 0 Å². The average Bonchev–Trinajstić information content (AvgIpc) is 2.95. The Labute approximate surface area is 223 Å². The van der Waals surface area contributed by atoms with Gasteiger partial charge in [-0.3, -0.25) is 4.79 Å². The van der Waals surface area contributed by atoms with E-state index in [1.807, 2.05) is 24.5 Å². The van der Waals surface area contributed by atoms with Gasteiger partial charge in [0.2, 0.25) is 5.95 Å². The van der Waals surface area contributed by atoms with E-state index in [-0.39, 0.29) is 11.7 Å². The molecule has 0 bridgehead atoms. The molecule has 8 nitrogen and oxygen atoms in total. The van der Waals surface area contributed by atoms with Crippen molar-refractivity contribution >= 4 is 40.8 Å². The van der Waals surface area contributed by atoms with Gasteiger partial charge in [-0.1, -0.05) is 35.7 Å². The molecule has 4 heterocycles. The first-order chi connectivity index (χ1) is 18.2. The Kier molecular flexibility index (Phi) is 6.77. The summed E-state index contributed by atoms with van der Waals surface area (Å²) in [6.45, 7) is 2.57. The maximum atomic E-state index is 12.4. The summed E-state index contributed by atoms with van der Waals surface area (Å²) in [7, 11) is 1.81. The molecule has 1 saturated heterocycles. The lowest BCUT2D eigenvalue weighted by Gasteiger charge is -2.35. The van der Waals surface area contributed by atoms with E-state index < -0.39 is 0 Å². The number of hydrogen-bond donors (Lipinski definition) is 3. The molecular formula is C27H26N6O2S2. The Morgan fingerprint density at radius 3 is 2.81 bits per heavy atom. The highest BCUT2D eigenvalue weighted by Gasteiger charge is 2.29. The first-order valence-electron chi connectivity index (χ1n) is 12.1. The van der Waals surface area contributed by atoms with Crippen LogP contribution in [0.2, 0.25) is 0 Å². The van der Waals surface area contributed by atoms with Crippen LogP contribution in [0.25, 0.3) is 0 Å². The van der Waals surface area contributed by atoms with E-state index in [1.165, 1.54) is 25.1 Å². The lowest BCUT2D eigenvalue weighted by Crippen LogP contribution is -2.41. The Morgan fingerprint density at radius 1 is 1.08 bits per heavy atom. The Hall–Kier alpha value is -3.47. The summed E-state index contributed by atoms with van der Waals surface area (Å²) < 4.78 is 6.22. The SMILES string of the molecule is CNc1ncc(CNc2ccc3c(c2)Sc2cccc(C4CN(c5ccc[nH]c5=O)CCO4)c2S3)cn1. The number of hydrogen-bond acceptors (Lipinski definition) is 9. The number of nitrogens with one attached hydrogen (secondary N) is 3. The number of ether oxygens (including phenoxy) is 1. The van der Waals surface area contributed by atoms with Crippen LogP contribution in [0, 0.1) is 0 Å². The predicted molar refractivity (Wildman–Crippen MR) is 148 cm³/mol. The normalized spacial score (nSPS) is 16.6. The van der Waals surface area contributed by atoms with Crippen molar-refractivity contribution in [2.45, 2.75) is 32.2 Å². The van der Waals surface area contributed by atoms with Crippen LogP contribution >= 0.6 is 23.5 Å². The second kappa shape index (κ2) is 10.5. The van der Waals surface area contributed by atoms with Crippen molar-refractivity contribution < 1.29 is 4.74 Å². The Morgan fingerprint density at radius 2 is 1.97 bits per heavy atom. The van der Waals surface area contributed by atoms with E-state index in [4.69, 9.17) is 4.74 Å². The Bertz CT molecular complexity index is 1480. The zero-order chi connectivity index (χ0) is 25.2. The molecule has 0 amide bonds. The lowest BCUT2D eigenvalue weighted by atomic mass is 10.1. The maximum Gasteiger partial charge on any atom is 0.271 e. The molecule has 1 fully saturated rings. The van der Waals surface area contributed by atoms with E-state index in [2.05, 4.69) is 66.9 Å². The number of aromatic nitrogens is 3. The van der Waals surface area contributed by atoms with Crippen LogP contribution < -0.4 is 21.1 Å². The highest BCUT2D eigenvalue weighted by molar-refractivity contribution is 8.05. The molecule has 2 aliphatic rings. The summed E-state index contributed by atoms with van der Waals surface area (Å²) in [5, 5.41) is 6.42. The monoisotopic (exact) mass is 530 g/mol.